The van der Waals surface area contributed by atoms with Crippen molar-refractivity contribution in [1.29, 1.82) is 0 Å². The first-order chi connectivity index (χ1) is 14.1. The van der Waals surface area contributed by atoms with E-state index in [1.165, 1.54) is 7.11 Å². The number of pyridine rings is 2. The fraction of sp³-hybridized carbons (Fsp3) is 0.381. The lowest BCUT2D eigenvalue weighted by Crippen LogP contribution is -2.41. The largest absolute Gasteiger partial charge is 0.375 e. The molecule has 1 aliphatic carbocycles. The summed E-state index contributed by atoms with van der Waals surface area (Å²) < 4.78 is 4.87. The van der Waals surface area contributed by atoms with Crippen LogP contribution >= 0.6 is 11.6 Å². The van der Waals surface area contributed by atoms with E-state index < -0.39 is 0 Å². The van der Waals surface area contributed by atoms with Crippen LogP contribution in [0.5, 0.6) is 0 Å². The summed E-state index contributed by atoms with van der Waals surface area (Å²) in [5, 5.41) is 8.03. The normalized spacial score (nSPS) is 19.2. The molecule has 0 radical (unpaired) electrons. The van der Waals surface area contributed by atoms with Gasteiger partial charge >= 0.3 is 0 Å². The number of hydrogen-bond donors (Lipinski definition) is 3. The molecule has 0 spiro atoms. The van der Waals surface area contributed by atoms with Crippen LogP contribution in [0.1, 0.15) is 25.7 Å². The maximum absolute atomic E-state index is 11.7. The molecule has 29 heavy (non-hydrogen) atoms. The first kappa shape index (κ1) is 19.7. The molecule has 0 bridgehead atoms. The van der Waals surface area contributed by atoms with Gasteiger partial charge in [-0.25, -0.2) is 9.97 Å². The van der Waals surface area contributed by atoms with Gasteiger partial charge < -0.3 is 20.4 Å². The molecule has 7 nitrogen and oxygen atoms in total. The van der Waals surface area contributed by atoms with Crippen LogP contribution in [-0.4, -0.2) is 46.7 Å². The van der Waals surface area contributed by atoms with E-state index in [1.807, 2.05) is 30.5 Å². The van der Waals surface area contributed by atoms with Crippen molar-refractivity contribution < 1.29 is 9.53 Å². The summed E-state index contributed by atoms with van der Waals surface area (Å²) in [6.45, 7) is 0.108. The Hall–Kier alpha value is -2.64. The molecule has 1 saturated carbocycles. The van der Waals surface area contributed by atoms with E-state index in [1.54, 1.807) is 6.20 Å². The van der Waals surface area contributed by atoms with Crippen molar-refractivity contribution >= 4 is 34.4 Å². The quantitative estimate of drug-likeness (QED) is 0.535. The van der Waals surface area contributed by atoms with Gasteiger partial charge in [-0.2, -0.15) is 0 Å². The highest BCUT2D eigenvalue weighted by Crippen LogP contribution is 2.31. The van der Waals surface area contributed by atoms with Gasteiger partial charge in [0.05, 0.1) is 0 Å². The molecule has 0 atom stereocenters. The van der Waals surface area contributed by atoms with Crippen LogP contribution in [0.2, 0.25) is 5.15 Å². The molecule has 0 aliphatic heterocycles. The highest BCUT2D eigenvalue weighted by Gasteiger charge is 2.23. The third-order valence-corrected chi connectivity index (χ3v) is 5.47. The third kappa shape index (κ3) is 4.68. The standard InChI is InChI=1S/C21H24ClN5O2/c1-29-12-20(28)26-15-6-4-14(5-7-15)25-19-10-13(9-18(22)27-19)17-11-24-21-16(17)3-2-8-23-21/h2-3,8-11,14-15H,4-7,12H2,1H3,(H,23,24)(H,25,27)(H,26,28). The smallest absolute Gasteiger partial charge is 0.246 e. The number of carbonyl (C=O) groups excluding carboxylic acids is 1. The Kier molecular flexibility index (Phi) is 5.97. The maximum atomic E-state index is 11.7. The zero-order valence-electron chi connectivity index (χ0n) is 16.2. The van der Waals surface area contributed by atoms with Crippen molar-refractivity contribution in [3.63, 3.8) is 0 Å². The predicted octanol–water partition coefficient (Wildman–Crippen LogP) is 3.76. The number of methoxy groups -OCH3 is 1. The van der Waals surface area contributed by atoms with Crippen molar-refractivity contribution in [3.8, 4) is 11.1 Å². The van der Waals surface area contributed by atoms with Crippen molar-refractivity contribution in [2.24, 2.45) is 0 Å². The van der Waals surface area contributed by atoms with Crippen LogP contribution in [-0.2, 0) is 9.53 Å². The minimum absolute atomic E-state index is 0.0572. The van der Waals surface area contributed by atoms with E-state index in [9.17, 15) is 4.79 Å². The number of hydrogen-bond acceptors (Lipinski definition) is 5. The van der Waals surface area contributed by atoms with Crippen molar-refractivity contribution in [2.45, 2.75) is 37.8 Å². The molecule has 3 aromatic rings. The Bertz CT molecular complexity index is 998. The summed E-state index contributed by atoms with van der Waals surface area (Å²) in [5.74, 6) is 0.705. The number of ether oxygens (including phenoxy) is 1. The van der Waals surface area contributed by atoms with Gasteiger partial charge in [0.1, 0.15) is 23.2 Å². The topological polar surface area (TPSA) is 91.9 Å². The predicted molar refractivity (Wildman–Crippen MR) is 114 cm³/mol. The van der Waals surface area contributed by atoms with Crippen LogP contribution in [0.25, 0.3) is 22.2 Å². The SMILES string of the molecule is COCC(=O)NC1CCC(Nc2cc(-c3c[nH]c4ncccc34)cc(Cl)n2)CC1. The Balaban J connectivity index is 1.43. The van der Waals surface area contributed by atoms with Crippen LogP contribution in [0.4, 0.5) is 5.82 Å². The summed E-state index contributed by atoms with van der Waals surface area (Å²) in [7, 11) is 1.53. The lowest BCUT2D eigenvalue weighted by Gasteiger charge is -2.30. The summed E-state index contributed by atoms with van der Waals surface area (Å²) >= 11 is 6.31. The lowest BCUT2D eigenvalue weighted by atomic mass is 9.91. The molecule has 8 heteroatoms. The number of nitrogens with zero attached hydrogens (tertiary/aromatic N) is 2. The molecular weight excluding hydrogens is 390 g/mol. The minimum atomic E-state index is -0.0572. The van der Waals surface area contributed by atoms with Gasteiger partial charge in [-0.3, -0.25) is 4.79 Å². The van der Waals surface area contributed by atoms with Crippen LogP contribution in [0.3, 0.4) is 0 Å². The molecule has 3 aromatic heterocycles. The number of H-pyrrole nitrogens is 1. The van der Waals surface area contributed by atoms with E-state index in [0.29, 0.717) is 11.2 Å². The van der Waals surface area contributed by atoms with Crippen LogP contribution in [0.15, 0.2) is 36.7 Å². The van der Waals surface area contributed by atoms with Crippen molar-refractivity contribution in [2.75, 3.05) is 19.0 Å². The first-order valence-corrected chi connectivity index (χ1v) is 10.1. The van der Waals surface area contributed by atoms with Gasteiger partial charge in [-0.15, -0.1) is 0 Å². The van der Waals surface area contributed by atoms with Gasteiger partial charge in [0.2, 0.25) is 5.91 Å². The monoisotopic (exact) mass is 413 g/mol. The van der Waals surface area contributed by atoms with Crippen molar-refractivity contribution in [3.05, 3.63) is 41.8 Å². The number of nitrogens with one attached hydrogen (secondary N) is 3. The minimum Gasteiger partial charge on any atom is -0.375 e. The number of fused-ring (bicyclic) bond motifs is 1. The Morgan fingerprint density at radius 3 is 2.86 bits per heavy atom. The molecule has 1 aliphatic rings. The number of amides is 1. The molecule has 4 rings (SSSR count). The second kappa shape index (κ2) is 8.80. The average Bonchev–Trinajstić information content (AvgIpc) is 3.13. The first-order valence-electron chi connectivity index (χ1n) is 9.77. The number of aromatic nitrogens is 3. The maximum Gasteiger partial charge on any atom is 0.246 e. The zero-order chi connectivity index (χ0) is 20.2. The molecule has 0 saturated heterocycles. The van der Waals surface area contributed by atoms with E-state index >= 15 is 0 Å². The number of rotatable bonds is 6. The summed E-state index contributed by atoms with van der Waals surface area (Å²) in [4.78, 5) is 23.7. The summed E-state index contributed by atoms with van der Waals surface area (Å²) in [6, 6.07) is 8.35. The highest BCUT2D eigenvalue weighted by molar-refractivity contribution is 6.29. The molecule has 1 amide bonds. The molecule has 0 aromatic carbocycles. The molecular formula is C21H24ClN5O2. The molecule has 152 valence electrons. The fourth-order valence-corrected chi connectivity index (χ4v) is 4.12. The van der Waals surface area contributed by atoms with Gasteiger partial charge in [0.25, 0.3) is 0 Å². The van der Waals surface area contributed by atoms with E-state index in [-0.39, 0.29) is 18.6 Å². The fourth-order valence-electron chi connectivity index (χ4n) is 3.91. The molecule has 0 unspecified atom stereocenters. The number of aromatic amines is 1. The van der Waals surface area contributed by atoms with Gasteiger partial charge in [0.15, 0.2) is 0 Å². The van der Waals surface area contributed by atoms with Gasteiger partial charge in [0, 0.05) is 42.5 Å². The van der Waals surface area contributed by atoms with E-state index in [2.05, 4.69) is 25.6 Å². The Morgan fingerprint density at radius 2 is 2.07 bits per heavy atom. The molecule has 3 heterocycles. The average molecular weight is 414 g/mol. The van der Waals surface area contributed by atoms with Crippen molar-refractivity contribution in [1.82, 2.24) is 20.3 Å². The second-order valence-electron chi connectivity index (χ2n) is 7.36. The number of carbonyl (C=O) groups is 1. The van der Waals surface area contributed by atoms with Crippen LogP contribution in [0, 0.1) is 0 Å². The number of halogens is 1. The Morgan fingerprint density at radius 1 is 1.28 bits per heavy atom. The Labute approximate surface area is 174 Å². The van der Waals surface area contributed by atoms with E-state index in [0.717, 1.165) is 53.7 Å². The van der Waals surface area contributed by atoms with Gasteiger partial charge in [-0.1, -0.05) is 11.6 Å². The highest BCUT2D eigenvalue weighted by atomic mass is 35.5. The van der Waals surface area contributed by atoms with E-state index in [4.69, 9.17) is 16.3 Å². The zero-order valence-corrected chi connectivity index (χ0v) is 17.0. The van der Waals surface area contributed by atoms with Gasteiger partial charge in [-0.05, 0) is 55.5 Å². The van der Waals surface area contributed by atoms with Crippen LogP contribution < -0.4 is 10.6 Å². The number of anilines is 1. The molecule has 3 N–H and O–H groups in total. The molecule has 1 fully saturated rings. The summed E-state index contributed by atoms with van der Waals surface area (Å²) in [5.41, 5.74) is 2.89. The lowest BCUT2D eigenvalue weighted by molar-refractivity contribution is -0.125. The summed E-state index contributed by atoms with van der Waals surface area (Å²) in [6.07, 6.45) is 7.48. The second-order valence-corrected chi connectivity index (χ2v) is 7.75. The third-order valence-electron chi connectivity index (χ3n) is 5.28.